The Morgan fingerprint density at radius 3 is 2.53 bits per heavy atom. The number of ether oxygens (including phenoxy) is 2. The largest absolute Gasteiger partial charge is 0.497 e. The maximum absolute atomic E-state index is 11.8. The molecule has 0 amide bonds. The van der Waals surface area contributed by atoms with Gasteiger partial charge in [-0.05, 0) is 12.1 Å². The summed E-state index contributed by atoms with van der Waals surface area (Å²) < 4.78 is 35.6. The van der Waals surface area contributed by atoms with Gasteiger partial charge in [0.25, 0.3) is 0 Å². The van der Waals surface area contributed by atoms with E-state index in [1.165, 1.54) is 32.4 Å². The molecule has 0 aliphatic heterocycles. The lowest BCUT2D eigenvalue weighted by Crippen LogP contribution is -2.25. The lowest BCUT2D eigenvalue weighted by molar-refractivity contribution is -0.106. The summed E-state index contributed by atoms with van der Waals surface area (Å²) in [5, 5.41) is 0. The fraction of sp³-hybridized carbons (Fsp3) is 0.300. The maximum atomic E-state index is 11.8. The molecule has 0 saturated heterocycles. The number of aldehydes is 1. The van der Waals surface area contributed by atoms with Crippen molar-refractivity contribution in [2.24, 2.45) is 0 Å². The summed E-state index contributed by atoms with van der Waals surface area (Å²) in [5.74, 6) is 0.638. The van der Waals surface area contributed by atoms with Crippen molar-refractivity contribution >= 4 is 16.3 Å². The fourth-order valence-electron chi connectivity index (χ4n) is 1.22. The molecule has 0 aliphatic rings. The van der Waals surface area contributed by atoms with Crippen LogP contribution in [-0.2, 0) is 14.8 Å². The highest BCUT2D eigenvalue weighted by Crippen LogP contribution is 2.27. The average Bonchev–Trinajstić information content (AvgIpc) is 2.35. The van der Waals surface area contributed by atoms with Crippen LogP contribution in [0.4, 0.5) is 0 Å². The summed E-state index contributed by atoms with van der Waals surface area (Å²) in [6.45, 7) is -0.280. The molecular formula is C10H13NO5S. The molecule has 0 spiro atoms. The van der Waals surface area contributed by atoms with Gasteiger partial charge in [-0.3, -0.25) is 0 Å². The number of methoxy groups -OCH3 is 2. The molecule has 0 atom stereocenters. The molecule has 1 aromatic carbocycles. The summed E-state index contributed by atoms with van der Waals surface area (Å²) in [6, 6.07) is 4.30. The highest BCUT2D eigenvalue weighted by molar-refractivity contribution is 7.89. The lowest BCUT2D eigenvalue weighted by atomic mass is 10.3. The average molecular weight is 259 g/mol. The number of hydrogen-bond acceptors (Lipinski definition) is 5. The van der Waals surface area contributed by atoms with Gasteiger partial charge < -0.3 is 14.3 Å². The van der Waals surface area contributed by atoms with Crippen LogP contribution in [0.15, 0.2) is 23.1 Å². The highest BCUT2D eigenvalue weighted by Gasteiger charge is 2.19. The molecular weight excluding hydrogens is 246 g/mol. The number of rotatable bonds is 6. The molecule has 7 heteroatoms. The van der Waals surface area contributed by atoms with E-state index in [9.17, 15) is 13.2 Å². The predicted molar refractivity (Wildman–Crippen MR) is 60.8 cm³/mol. The van der Waals surface area contributed by atoms with E-state index in [0.29, 0.717) is 12.0 Å². The van der Waals surface area contributed by atoms with Crippen LogP contribution < -0.4 is 14.2 Å². The second-order valence-corrected chi connectivity index (χ2v) is 4.77. The van der Waals surface area contributed by atoms with E-state index < -0.39 is 10.0 Å². The van der Waals surface area contributed by atoms with Gasteiger partial charge in [0, 0.05) is 6.07 Å². The van der Waals surface area contributed by atoms with E-state index in [-0.39, 0.29) is 17.2 Å². The van der Waals surface area contributed by atoms with Crippen LogP contribution in [0.3, 0.4) is 0 Å². The summed E-state index contributed by atoms with van der Waals surface area (Å²) in [6.07, 6.45) is 0.466. The first-order valence-electron chi connectivity index (χ1n) is 4.70. The van der Waals surface area contributed by atoms with Crippen molar-refractivity contribution in [1.82, 2.24) is 4.72 Å². The standard InChI is InChI=1S/C10H13NO5S/c1-15-8-3-4-10(9(7-8)16-2)17(13,14)11-5-6-12/h3-4,6-7,11H,5H2,1-2H3. The van der Waals surface area contributed by atoms with Crippen molar-refractivity contribution in [2.45, 2.75) is 4.90 Å². The molecule has 0 fully saturated rings. The molecule has 1 aromatic rings. The zero-order chi connectivity index (χ0) is 12.9. The first-order chi connectivity index (χ1) is 8.05. The highest BCUT2D eigenvalue weighted by atomic mass is 32.2. The quantitative estimate of drug-likeness (QED) is 0.737. The van der Waals surface area contributed by atoms with Gasteiger partial charge >= 0.3 is 0 Å². The van der Waals surface area contributed by atoms with Crippen molar-refractivity contribution in [3.8, 4) is 11.5 Å². The Bertz CT molecular complexity index is 497. The Balaban J connectivity index is 3.17. The topological polar surface area (TPSA) is 81.7 Å². The van der Waals surface area contributed by atoms with Crippen molar-refractivity contribution < 1.29 is 22.7 Å². The molecule has 0 saturated carbocycles. The summed E-state index contributed by atoms with van der Waals surface area (Å²) >= 11 is 0. The molecule has 0 unspecified atom stereocenters. The van der Waals surface area contributed by atoms with Gasteiger partial charge in [-0.1, -0.05) is 0 Å². The summed E-state index contributed by atoms with van der Waals surface area (Å²) in [5.41, 5.74) is 0. The number of carbonyl (C=O) groups excluding carboxylic acids is 1. The van der Waals surface area contributed by atoms with Crippen molar-refractivity contribution in [2.75, 3.05) is 20.8 Å². The van der Waals surface area contributed by atoms with E-state index >= 15 is 0 Å². The Morgan fingerprint density at radius 1 is 1.29 bits per heavy atom. The van der Waals surface area contributed by atoms with Crippen LogP contribution in [0, 0.1) is 0 Å². The third-order valence-corrected chi connectivity index (χ3v) is 3.48. The van der Waals surface area contributed by atoms with Crippen molar-refractivity contribution in [1.29, 1.82) is 0 Å². The van der Waals surface area contributed by atoms with E-state index in [0.717, 1.165) is 0 Å². The maximum Gasteiger partial charge on any atom is 0.244 e. The molecule has 0 aromatic heterocycles. The summed E-state index contributed by atoms with van der Waals surface area (Å²) in [7, 11) is -0.931. The molecule has 1 N–H and O–H groups in total. The molecule has 0 heterocycles. The SMILES string of the molecule is COc1ccc(S(=O)(=O)NCC=O)c(OC)c1. The van der Waals surface area contributed by atoms with E-state index in [4.69, 9.17) is 9.47 Å². The van der Waals surface area contributed by atoms with Gasteiger partial charge in [0.05, 0.1) is 20.8 Å². The van der Waals surface area contributed by atoms with Crippen LogP contribution >= 0.6 is 0 Å². The van der Waals surface area contributed by atoms with Crippen LogP contribution in [0.2, 0.25) is 0 Å². The van der Waals surface area contributed by atoms with Gasteiger partial charge in [-0.25, -0.2) is 13.1 Å². The summed E-state index contributed by atoms with van der Waals surface area (Å²) in [4.78, 5) is 10.1. The second kappa shape index (κ2) is 5.65. The van der Waals surface area contributed by atoms with E-state index in [2.05, 4.69) is 4.72 Å². The Hall–Kier alpha value is -1.60. The second-order valence-electron chi connectivity index (χ2n) is 3.04. The van der Waals surface area contributed by atoms with Gasteiger partial charge in [0.1, 0.15) is 22.7 Å². The number of benzene rings is 1. The third kappa shape index (κ3) is 3.18. The molecule has 0 radical (unpaired) electrons. The molecule has 94 valence electrons. The zero-order valence-electron chi connectivity index (χ0n) is 9.47. The van der Waals surface area contributed by atoms with Crippen LogP contribution in [0.1, 0.15) is 0 Å². The number of sulfonamides is 1. The van der Waals surface area contributed by atoms with Gasteiger partial charge in [-0.2, -0.15) is 0 Å². The zero-order valence-corrected chi connectivity index (χ0v) is 10.3. The molecule has 1 rings (SSSR count). The molecule has 0 bridgehead atoms. The fourth-order valence-corrected chi connectivity index (χ4v) is 2.32. The Kier molecular flexibility index (Phi) is 4.47. The molecule has 0 aliphatic carbocycles. The first-order valence-corrected chi connectivity index (χ1v) is 6.19. The van der Waals surface area contributed by atoms with Crippen LogP contribution in [0.25, 0.3) is 0 Å². The predicted octanol–water partition coefficient (Wildman–Crippen LogP) is 0.181. The van der Waals surface area contributed by atoms with E-state index in [1.807, 2.05) is 0 Å². The molecule has 6 nitrogen and oxygen atoms in total. The minimum atomic E-state index is -3.75. The monoisotopic (exact) mass is 259 g/mol. The number of nitrogens with one attached hydrogen (secondary N) is 1. The third-order valence-electron chi connectivity index (χ3n) is 2.02. The van der Waals surface area contributed by atoms with E-state index in [1.54, 1.807) is 0 Å². The first kappa shape index (κ1) is 13.5. The normalized spacial score (nSPS) is 10.9. The van der Waals surface area contributed by atoms with Gasteiger partial charge in [0.2, 0.25) is 10.0 Å². The minimum absolute atomic E-state index is 0.0392. The number of carbonyl (C=O) groups is 1. The van der Waals surface area contributed by atoms with Crippen LogP contribution in [-0.4, -0.2) is 35.5 Å². The van der Waals surface area contributed by atoms with Gasteiger partial charge in [0.15, 0.2) is 0 Å². The van der Waals surface area contributed by atoms with Gasteiger partial charge in [-0.15, -0.1) is 0 Å². The number of hydrogen-bond donors (Lipinski definition) is 1. The van der Waals surface area contributed by atoms with Crippen molar-refractivity contribution in [3.05, 3.63) is 18.2 Å². The van der Waals surface area contributed by atoms with Crippen molar-refractivity contribution in [3.63, 3.8) is 0 Å². The Labute approximate surface area is 99.6 Å². The molecule has 17 heavy (non-hydrogen) atoms. The lowest BCUT2D eigenvalue weighted by Gasteiger charge is -2.10. The smallest absolute Gasteiger partial charge is 0.244 e. The Morgan fingerprint density at radius 2 is 2.00 bits per heavy atom. The van der Waals surface area contributed by atoms with Crippen LogP contribution in [0.5, 0.6) is 11.5 Å². The minimum Gasteiger partial charge on any atom is -0.497 e.